The minimum Gasteiger partial charge on any atom is -0.290 e. The molecular formula is C22H36OS. The van der Waals surface area contributed by atoms with Crippen LogP contribution < -0.4 is 0 Å². The zero-order valence-electron chi connectivity index (χ0n) is 15.9. The maximum Gasteiger partial charge on any atom is 0.182 e. The molecule has 0 saturated heterocycles. The molecule has 136 valence electrons. The van der Waals surface area contributed by atoms with Crippen molar-refractivity contribution in [2.75, 3.05) is 0 Å². The summed E-state index contributed by atoms with van der Waals surface area (Å²) in [7, 11) is 0. The highest BCUT2D eigenvalue weighted by Gasteiger charge is 2.19. The molecule has 1 aliphatic carbocycles. The van der Waals surface area contributed by atoms with Crippen molar-refractivity contribution >= 4 is 22.9 Å². The molecule has 0 aromatic carbocycles. The van der Waals surface area contributed by atoms with Crippen molar-refractivity contribution in [2.45, 2.75) is 104 Å². The summed E-state index contributed by atoms with van der Waals surface area (Å²) in [6.07, 6.45) is 20.7. The molecule has 1 nitrogen and oxygen atoms in total. The van der Waals surface area contributed by atoms with Crippen molar-refractivity contribution in [1.82, 2.24) is 0 Å². The highest BCUT2D eigenvalue weighted by Crippen LogP contribution is 2.26. The summed E-state index contributed by atoms with van der Waals surface area (Å²) in [4.78, 5) is 13.2. The van der Waals surface area contributed by atoms with E-state index in [4.69, 9.17) is 12.2 Å². The number of carbonyl (C=O) groups is 1. The lowest BCUT2D eigenvalue weighted by molar-refractivity contribution is -0.111. The molecule has 0 saturated carbocycles. The normalized spacial score (nSPS) is 14.8. The van der Waals surface area contributed by atoms with Gasteiger partial charge in [0.15, 0.2) is 5.78 Å². The maximum atomic E-state index is 12.3. The molecule has 0 radical (unpaired) electrons. The largest absolute Gasteiger partial charge is 0.290 e. The predicted octanol–water partition coefficient (Wildman–Crippen LogP) is 7.29. The van der Waals surface area contributed by atoms with E-state index in [1.54, 1.807) is 6.08 Å². The smallest absolute Gasteiger partial charge is 0.182 e. The van der Waals surface area contributed by atoms with Crippen LogP contribution in [0.15, 0.2) is 23.3 Å². The quantitative estimate of drug-likeness (QED) is 0.242. The molecule has 0 N–H and O–H groups in total. The van der Waals surface area contributed by atoms with Crippen molar-refractivity contribution in [2.24, 2.45) is 0 Å². The molecule has 0 unspecified atom stereocenters. The summed E-state index contributed by atoms with van der Waals surface area (Å²) < 4.78 is 0. The Labute approximate surface area is 155 Å². The summed E-state index contributed by atoms with van der Waals surface area (Å²) in [5.74, 6) is 0.207. The van der Waals surface area contributed by atoms with Gasteiger partial charge in [0.1, 0.15) is 0 Å². The molecule has 24 heavy (non-hydrogen) atoms. The summed E-state index contributed by atoms with van der Waals surface area (Å²) >= 11 is 5.52. The molecule has 0 atom stereocenters. The van der Waals surface area contributed by atoms with E-state index in [1.165, 1.54) is 76.2 Å². The van der Waals surface area contributed by atoms with Gasteiger partial charge in [-0.3, -0.25) is 4.79 Å². The van der Waals surface area contributed by atoms with Gasteiger partial charge in [-0.25, -0.2) is 0 Å². The third-order valence-electron chi connectivity index (χ3n) is 4.91. The van der Waals surface area contributed by atoms with Crippen molar-refractivity contribution in [1.29, 1.82) is 0 Å². The Morgan fingerprint density at radius 2 is 1.12 bits per heavy atom. The highest BCUT2D eigenvalue weighted by atomic mass is 32.1. The van der Waals surface area contributed by atoms with E-state index in [1.807, 2.05) is 6.08 Å². The first-order valence-corrected chi connectivity index (χ1v) is 10.6. The lowest BCUT2D eigenvalue weighted by Crippen LogP contribution is -2.13. The number of rotatable bonds is 14. The Bertz CT molecular complexity index is 405. The van der Waals surface area contributed by atoms with Crippen LogP contribution in [0.4, 0.5) is 0 Å². The Kier molecular flexibility index (Phi) is 12.0. The van der Waals surface area contributed by atoms with Gasteiger partial charge in [-0.05, 0) is 43.4 Å². The Balaban J connectivity index is 2.43. The van der Waals surface area contributed by atoms with Crippen molar-refractivity contribution < 1.29 is 4.79 Å². The molecule has 1 aliphatic rings. The molecule has 2 heteroatoms. The molecule has 0 fully saturated rings. The third kappa shape index (κ3) is 8.37. The molecule has 0 aliphatic heterocycles. The average molecular weight is 349 g/mol. The van der Waals surface area contributed by atoms with Gasteiger partial charge in [0.25, 0.3) is 0 Å². The van der Waals surface area contributed by atoms with Crippen LogP contribution in [0.1, 0.15) is 104 Å². The van der Waals surface area contributed by atoms with Gasteiger partial charge in [0.05, 0.1) is 0 Å². The van der Waals surface area contributed by atoms with Crippen LogP contribution in [-0.2, 0) is 4.79 Å². The summed E-state index contributed by atoms with van der Waals surface area (Å²) in [5, 5.41) is 0. The SMILES string of the molecule is CCCCCCCCC1=C(CCCCCCCC)C(=S)C=CC1=O. The number of carbonyl (C=O) groups excluding carboxylic acids is 1. The Morgan fingerprint density at radius 1 is 0.667 bits per heavy atom. The summed E-state index contributed by atoms with van der Waals surface area (Å²) in [6, 6.07) is 0. The van der Waals surface area contributed by atoms with Gasteiger partial charge in [0.2, 0.25) is 0 Å². The second-order valence-corrected chi connectivity index (χ2v) is 7.49. The molecule has 0 amide bonds. The van der Waals surface area contributed by atoms with Crippen LogP contribution in [0.2, 0.25) is 0 Å². The summed E-state index contributed by atoms with van der Waals surface area (Å²) in [5.41, 5.74) is 2.20. The van der Waals surface area contributed by atoms with Gasteiger partial charge in [-0.15, -0.1) is 0 Å². The third-order valence-corrected chi connectivity index (χ3v) is 5.29. The van der Waals surface area contributed by atoms with E-state index in [0.29, 0.717) is 0 Å². The van der Waals surface area contributed by atoms with Gasteiger partial charge in [0, 0.05) is 10.4 Å². The average Bonchev–Trinajstić information content (AvgIpc) is 2.58. The first-order chi connectivity index (χ1) is 11.7. The second-order valence-electron chi connectivity index (χ2n) is 7.05. The molecular weight excluding hydrogens is 312 g/mol. The number of thiocarbonyl (C=S) groups is 1. The van der Waals surface area contributed by atoms with Crippen LogP contribution in [0.25, 0.3) is 0 Å². The second kappa shape index (κ2) is 13.5. The predicted molar refractivity (Wildman–Crippen MR) is 110 cm³/mol. The lowest BCUT2D eigenvalue weighted by Gasteiger charge is -2.17. The molecule has 0 bridgehead atoms. The zero-order valence-corrected chi connectivity index (χ0v) is 16.7. The first-order valence-electron chi connectivity index (χ1n) is 10.2. The number of hydrogen-bond donors (Lipinski definition) is 0. The van der Waals surface area contributed by atoms with Gasteiger partial charge >= 0.3 is 0 Å². The van der Waals surface area contributed by atoms with E-state index in [9.17, 15) is 4.79 Å². The highest BCUT2D eigenvalue weighted by molar-refractivity contribution is 7.81. The fraction of sp³-hybridized carbons (Fsp3) is 0.727. The fourth-order valence-corrected chi connectivity index (χ4v) is 3.66. The number of unbranched alkanes of at least 4 members (excludes halogenated alkanes) is 10. The van der Waals surface area contributed by atoms with Crippen molar-refractivity contribution in [3.63, 3.8) is 0 Å². The first kappa shape index (κ1) is 21.3. The monoisotopic (exact) mass is 348 g/mol. The Morgan fingerprint density at radius 3 is 1.67 bits per heavy atom. The minimum absolute atomic E-state index is 0.207. The standard InChI is InChI=1S/C22H36OS/c1-3-5-7-9-11-13-15-19-20(22(24)18-17-21(19)23)16-14-12-10-8-6-4-2/h17-18H,3-16H2,1-2H3. The number of hydrogen-bond acceptors (Lipinski definition) is 2. The topological polar surface area (TPSA) is 17.1 Å². The Hall–Kier alpha value is -0.760. The van der Waals surface area contributed by atoms with Crippen molar-refractivity contribution in [3.8, 4) is 0 Å². The van der Waals surface area contributed by atoms with E-state index in [0.717, 1.165) is 29.7 Å². The lowest BCUT2D eigenvalue weighted by atomic mass is 9.88. The van der Waals surface area contributed by atoms with E-state index in [-0.39, 0.29) is 5.78 Å². The van der Waals surface area contributed by atoms with Gasteiger partial charge in [-0.1, -0.05) is 90.3 Å². The minimum atomic E-state index is 0.207. The molecule has 0 aromatic rings. The number of ketones is 1. The van der Waals surface area contributed by atoms with E-state index >= 15 is 0 Å². The molecule has 0 spiro atoms. The van der Waals surface area contributed by atoms with Crippen LogP contribution in [0, 0.1) is 0 Å². The maximum absolute atomic E-state index is 12.3. The zero-order chi connectivity index (χ0) is 17.6. The summed E-state index contributed by atoms with van der Waals surface area (Å²) in [6.45, 7) is 4.49. The fourth-order valence-electron chi connectivity index (χ4n) is 3.36. The molecule has 0 heterocycles. The van der Waals surface area contributed by atoms with E-state index < -0.39 is 0 Å². The number of allylic oxidation sites excluding steroid dienone is 4. The van der Waals surface area contributed by atoms with Crippen LogP contribution in [0.5, 0.6) is 0 Å². The van der Waals surface area contributed by atoms with Gasteiger partial charge in [-0.2, -0.15) is 0 Å². The van der Waals surface area contributed by atoms with Crippen LogP contribution >= 0.6 is 12.2 Å². The van der Waals surface area contributed by atoms with E-state index in [2.05, 4.69) is 13.8 Å². The van der Waals surface area contributed by atoms with Crippen molar-refractivity contribution in [3.05, 3.63) is 23.3 Å². The molecule has 1 rings (SSSR count). The molecule has 0 aromatic heterocycles. The van der Waals surface area contributed by atoms with Gasteiger partial charge < -0.3 is 0 Å². The van der Waals surface area contributed by atoms with Crippen LogP contribution in [0.3, 0.4) is 0 Å². The van der Waals surface area contributed by atoms with Crippen LogP contribution in [-0.4, -0.2) is 10.6 Å².